The Hall–Kier alpha value is -0.440. The molecule has 0 aromatic rings. The van der Waals surface area contributed by atoms with Crippen LogP contribution >= 0.6 is 12.6 Å². The van der Waals surface area contributed by atoms with Crippen molar-refractivity contribution in [3.63, 3.8) is 0 Å². The largest absolute Gasteiger partial charge is 0.332 e. The fraction of sp³-hybridized carbons (Fsp3) is 0.625. The van der Waals surface area contributed by atoms with Gasteiger partial charge in [0.2, 0.25) is 5.91 Å². The molecule has 0 bridgehead atoms. The van der Waals surface area contributed by atoms with Crippen molar-refractivity contribution < 1.29 is 4.79 Å². The molecule has 0 spiro atoms. The molecule has 2 aliphatic rings. The third-order valence-electron chi connectivity index (χ3n) is 2.54. The maximum Gasteiger partial charge on any atom is 0.246 e. The zero-order chi connectivity index (χ0) is 7.84. The van der Waals surface area contributed by atoms with Gasteiger partial charge in [0.05, 0.1) is 6.04 Å². The van der Waals surface area contributed by atoms with Crippen LogP contribution in [0.1, 0.15) is 6.42 Å². The van der Waals surface area contributed by atoms with Crippen LogP contribution < -0.4 is 0 Å². The second kappa shape index (κ2) is 2.55. The molecule has 0 N–H and O–H groups in total. The average molecular weight is 169 g/mol. The number of hydrogen-bond acceptors (Lipinski definition) is 2. The van der Waals surface area contributed by atoms with Crippen molar-refractivity contribution in [1.82, 2.24) is 4.90 Å². The van der Waals surface area contributed by atoms with Gasteiger partial charge in [-0.05, 0) is 18.1 Å². The Labute approximate surface area is 71.7 Å². The highest BCUT2D eigenvalue weighted by molar-refractivity contribution is 7.80. The predicted molar refractivity (Wildman–Crippen MR) is 46.6 cm³/mol. The minimum absolute atomic E-state index is 0.180. The summed E-state index contributed by atoms with van der Waals surface area (Å²) in [6.45, 7) is 0.918. The molecule has 2 unspecified atom stereocenters. The molecule has 1 saturated heterocycles. The lowest BCUT2D eigenvalue weighted by atomic mass is 10.0. The van der Waals surface area contributed by atoms with Gasteiger partial charge in [0, 0.05) is 12.6 Å². The van der Waals surface area contributed by atoms with E-state index >= 15 is 0 Å². The van der Waals surface area contributed by atoms with Crippen LogP contribution in [0.2, 0.25) is 0 Å². The summed E-state index contributed by atoms with van der Waals surface area (Å²) >= 11 is 4.26. The molecule has 2 aliphatic heterocycles. The Morgan fingerprint density at radius 3 is 3.27 bits per heavy atom. The zero-order valence-electron chi connectivity index (χ0n) is 6.23. The Bertz CT molecular complexity index is 214. The van der Waals surface area contributed by atoms with Gasteiger partial charge in [-0.3, -0.25) is 4.79 Å². The molecule has 1 fully saturated rings. The van der Waals surface area contributed by atoms with Crippen molar-refractivity contribution in [1.29, 1.82) is 0 Å². The SMILES string of the molecule is O=C1C=CC2C(CS)CCN12. The van der Waals surface area contributed by atoms with Crippen LogP contribution in [0.3, 0.4) is 0 Å². The molecule has 0 aliphatic carbocycles. The van der Waals surface area contributed by atoms with E-state index in [1.54, 1.807) is 6.08 Å². The third-order valence-corrected chi connectivity index (χ3v) is 3.01. The molecular formula is C8H11NOS. The number of carbonyl (C=O) groups is 1. The summed E-state index contributed by atoms with van der Waals surface area (Å²) in [6, 6.07) is 0.361. The highest BCUT2D eigenvalue weighted by Crippen LogP contribution is 2.29. The van der Waals surface area contributed by atoms with E-state index < -0.39 is 0 Å². The van der Waals surface area contributed by atoms with Gasteiger partial charge < -0.3 is 4.90 Å². The molecule has 2 rings (SSSR count). The number of thiol groups is 1. The number of hydrogen-bond donors (Lipinski definition) is 1. The molecule has 0 aromatic heterocycles. The van der Waals surface area contributed by atoms with E-state index in [1.165, 1.54) is 0 Å². The van der Waals surface area contributed by atoms with Gasteiger partial charge in [-0.15, -0.1) is 0 Å². The maximum absolute atomic E-state index is 11.1. The van der Waals surface area contributed by atoms with Crippen molar-refractivity contribution in [2.24, 2.45) is 5.92 Å². The summed E-state index contributed by atoms with van der Waals surface area (Å²) in [5, 5.41) is 0. The minimum Gasteiger partial charge on any atom is -0.332 e. The molecule has 11 heavy (non-hydrogen) atoms. The minimum atomic E-state index is 0.180. The van der Waals surface area contributed by atoms with E-state index in [0.29, 0.717) is 12.0 Å². The van der Waals surface area contributed by atoms with Gasteiger partial charge in [-0.25, -0.2) is 0 Å². The smallest absolute Gasteiger partial charge is 0.246 e. The zero-order valence-corrected chi connectivity index (χ0v) is 7.13. The molecule has 0 aromatic carbocycles. The van der Waals surface area contributed by atoms with Gasteiger partial charge in [0.25, 0.3) is 0 Å². The molecule has 2 nitrogen and oxygen atoms in total. The molecular weight excluding hydrogens is 158 g/mol. The van der Waals surface area contributed by atoms with E-state index in [9.17, 15) is 4.79 Å². The van der Waals surface area contributed by atoms with E-state index in [1.807, 2.05) is 11.0 Å². The number of rotatable bonds is 1. The summed E-state index contributed by atoms with van der Waals surface area (Å²) < 4.78 is 0. The van der Waals surface area contributed by atoms with Gasteiger partial charge >= 0.3 is 0 Å². The second-order valence-electron chi connectivity index (χ2n) is 3.11. The fourth-order valence-electron chi connectivity index (χ4n) is 1.87. The lowest BCUT2D eigenvalue weighted by Gasteiger charge is -2.17. The second-order valence-corrected chi connectivity index (χ2v) is 3.48. The standard InChI is InChI=1S/C8H11NOS/c10-8-2-1-7-6(5-11)3-4-9(7)8/h1-2,6-7,11H,3-5H2. The summed E-state index contributed by atoms with van der Waals surface area (Å²) in [6.07, 6.45) is 4.81. The highest BCUT2D eigenvalue weighted by atomic mass is 32.1. The monoisotopic (exact) mass is 169 g/mol. The van der Waals surface area contributed by atoms with Crippen molar-refractivity contribution in [3.8, 4) is 0 Å². The van der Waals surface area contributed by atoms with Gasteiger partial charge in [-0.2, -0.15) is 12.6 Å². The normalized spacial score (nSPS) is 35.0. The van der Waals surface area contributed by atoms with Crippen LogP contribution in [0, 0.1) is 5.92 Å². The van der Waals surface area contributed by atoms with Gasteiger partial charge in [0.15, 0.2) is 0 Å². The third kappa shape index (κ3) is 0.984. The van der Waals surface area contributed by atoms with Crippen molar-refractivity contribution in [3.05, 3.63) is 12.2 Å². The molecule has 3 heteroatoms. The maximum atomic E-state index is 11.1. The molecule has 0 radical (unpaired) electrons. The van der Waals surface area contributed by atoms with Crippen LogP contribution in [-0.4, -0.2) is 29.1 Å². The average Bonchev–Trinajstić information content (AvgIpc) is 2.53. The number of nitrogens with zero attached hydrogens (tertiary/aromatic N) is 1. The van der Waals surface area contributed by atoms with Crippen LogP contribution in [0.25, 0.3) is 0 Å². The van der Waals surface area contributed by atoms with Gasteiger partial charge in [0.1, 0.15) is 0 Å². The van der Waals surface area contributed by atoms with Crippen molar-refractivity contribution in [2.75, 3.05) is 12.3 Å². The summed E-state index contributed by atoms with van der Waals surface area (Å²) in [5.41, 5.74) is 0. The lowest BCUT2D eigenvalue weighted by molar-refractivity contribution is -0.125. The Balaban J connectivity index is 2.16. The summed E-state index contributed by atoms with van der Waals surface area (Å²) in [4.78, 5) is 13.1. The first-order valence-electron chi connectivity index (χ1n) is 3.92. The first-order chi connectivity index (χ1) is 5.33. The quantitative estimate of drug-likeness (QED) is 0.573. The van der Waals surface area contributed by atoms with Crippen LogP contribution in [-0.2, 0) is 4.79 Å². The highest BCUT2D eigenvalue weighted by Gasteiger charge is 2.36. The van der Waals surface area contributed by atoms with E-state index in [0.717, 1.165) is 18.7 Å². The Morgan fingerprint density at radius 2 is 2.55 bits per heavy atom. The molecule has 60 valence electrons. The Morgan fingerprint density at radius 1 is 1.73 bits per heavy atom. The first kappa shape index (κ1) is 7.22. The van der Waals surface area contributed by atoms with Crippen molar-refractivity contribution >= 4 is 18.5 Å². The first-order valence-corrected chi connectivity index (χ1v) is 4.56. The molecule has 0 saturated carbocycles. The molecule has 2 atom stereocenters. The Kier molecular flexibility index (Phi) is 1.68. The molecule has 2 heterocycles. The predicted octanol–water partition coefficient (Wildman–Crippen LogP) is 0.703. The fourth-order valence-corrected chi connectivity index (χ4v) is 2.27. The lowest BCUT2D eigenvalue weighted by Crippen LogP contribution is -2.30. The summed E-state index contributed by atoms with van der Waals surface area (Å²) in [7, 11) is 0. The van der Waals surface area contributed by atoms with Gasteiger partial charge in [-0.1, -0.05) is 6.08 Å². The topological polar surface area (TPSA) is 20.3 Å². The van der Waals surface area contributed by atoms with Crippen LogP contribution in [0.15, 0.2) is 12.2 Å². The number of amides is 1. The van der Waals surface area contributed by atoms with Crippen LogP contribution in [0.5, 0.6) is 0 Å². The van der Waals surface area contributed by atoms with Crippen molar-refractivity contribution in [2.45, 2.75) is 12.5 Å². The molecule has 1 amide bonds. The van der Waals surface area contributed by atoms with E-state index in [4.69, 9.17) is 0 Å². The van der Waals surface area contributed by atoms with E-state index in [2.05, 4.69) is 12.6 Å². The summed E-state index contributed by atoms with van der Waals surface area (Å²) in [5.74, 6) is 1.65. The number of carbonyl (C=O) groups excluding carboxylic acids is 1. The van der Waals surface area contributed by atoms with E-state index in [-0.39, 0.29) is 5.91 Å². The number of fused-ring (bicyclic) bond motifs is 1. The van der Waals surface area contributed by atoms with Crippen LogP contribution in [0.4, 0.5) is 0 Å².